The number of piperidine rings is 1. The summed E-state index contributed by atoms with van der Waals surface area (Å²) in [6, 6.07) is 14.5. The van der Waals surface area contributed by atoms with Crippen LogP contribution in [0.3, 0.4) is 0 Å². The lowest BCUT2D eigenvalue weighted by atomic mass is 9.86. The number of piperazine rings is 1. The summed E-state index contributed by atoms with van der Waals surface area (Å²) >= 11 is 0. The molecule has 228 valence electrons. The number of Topliss-reactive ketones (excluding diaryl/α,β-unsaturated/α-hetero) is 1. The van der Waals surface area contributed by atoms with Crippen molar-refractivity contribution in [2.45, 2.75) is 57.2 Å². The Morgan fingerprint density at radius 3 is 2.73 bits per heavy atom. The van der Waals surface area contributed by atoms with Gasteiger partial charge in [-0.05, 0) is 69.6 Å². The third kappa shape index (κ3) is 5.37. The fourth-order valence-corrected chi connectivity index (χ4v) is 7.17. The van der Waals surface area contributed by atoms with E-state index in [1.165, 1.54) is 6.07 Å². The second-order valence-corrected chi connectivity index (χ2v) is 12.5. The number of anilines is 3. The van der Waals surface area contributed by atoms with Crippen LogP contribution >= 0.6 is 0 Å². The van der Waals surface area contributed by atoms with Gasteiger partial charge in [-0.1, -0.05) is 30.7 Å². The van der Waals surface area contributed by atoms with Crippen molar-refractivity contribution in [3.05, 3.63) is 87.6 Å². The molecule has 3 unspecified atom stereocenters. The topological polar surface area (TPSA) is 95.4 Å². The molecule has 44 heavy (non-hydrogen) atoms. The summed E-state index contributed by atoms with van der Waals surface area (Å²) in [6.07, 6.45) is 5.57. The molecule has 9 nitrogen and oxygen atoms in total. The van der Waals surface area contributed by atoms with Crippen molar-refractivity contribution in [3.8, 4) is 0 Å². The quantitative estimate of drug-likeness (QED) is 0.333. The van der Waals surface area contributed by atoms with Gasteiger partial charge < -0.3 is 15.5 Å². The number of nitrogens with one attached hydrogen (secondary N) is 2. The Bertz CT molecular complexity index is 1790. The molecular formula is C34H38FN7O2. The molecule has 0 radical (unpaired) electrons. The van der Waals surface area contributed by atoms with E-state index in [9.17, 15) is 9.59 Å². The Balaban J connectivity index is 1.27. The molecule has 0 saturated carbocycles. The molecule has 3 atom stereocenters. The summed E-state index contributed by atoms with van der Waals surface area (Å²) in [4.78, 5) is 41.3. The van der Waals surface area contributed by atoms with Crippen LogP contribution in [0.2, 0.25) is 0 Å². The highest BCUT2D eigenvalue weighted by Crippen LogP contribution is 2.34. The average Bonchev–Trinajstić information content (AvgIpc) is 3.01. The van der Waals surface area contributed by atoms with Gasteiger partial charge in [0.2, 0.25) is 5.95 Å². The van der Waals surface area contributed by atoms with Crippen LogP contribution in [-0.4, -0.2) is 64.5 Å². The normalized spacial score (nSPS) is 22.7. The lowest BCUT2D eigenvalue weighted by Crippen LogP contribution is -2.49. The monoisotopic (exact) mass is 595 g/mol. The SMILES string of the molecule is CC1CN(c2ccc(Nc3ncc4cc(C5CCCCN5C)c(=O)n(C5CC(=O)c6ccccc6C5)c4n3)cc2F)CCN1. The van der Waals surface area contributed by atoms with Gasteiger partial charge in [-0.15, -0.1) is 0 Å². The maximum atomic E-state index is 15.3. The molecule has 2 fully saturated rings. The molecule has 0 amide bonds. The Kier molecular flexibility index (Phi) is 7.63. The number of halogens is 1. The summed E-state index contributed by atoms with van der Waals surface area (Å²) in [6.45, 7) is 5.31. The molecule has 0 spiro atoms. The zero-order valence-corrected chi connectivity index (χ0v) is 25.2. The van der Waals surface area contributed by atoms with Crippen LogP contribution in [0.5, 0.6) is 0 Å². The fraction of sp³-hybridized carbons (Fsp3) is 0.412. The summed E-state index contributed by atoms with van der Waals surface area (Å²) in [7, 11) is 2.06. The maximum Gasteiger partial charge on any atom is 0.257 e. The van der Waals surface area contributed by atoms with E-state index in [4.69, 9.17) is 4.98 Å². The van der Waals surface area contributed by atoms with Crippen LogP contribution in [0.4, 0.5) is 21.7 Å². The van der Waals surface area contributed by atoms with E-state index >= 15 is 4.39 Å². The van der Waals surface area contributed by atoms with Gasteiger partial charge in [-0.25, -0.2) is 9.37 Å². The van der Waals surface area contributed by atoms with E-state index in [0.29, 0.717) is 23.4 Å². The zero-order valence-electron chi connectivity index (χ0n) is 25.2. The average molecular weight is 596 g/mol. The zero-order chi connectivity index (χ0) is 30.4. The number of hydrogen-bond acceptors (Lipinski definition) is 8. The van der Waals surface area contributed by atoms with Crippen molar-refractivity contribution in [3.63, 3.8) is 0 Å². The number of carbonyl (C=O) groups is 1. The number of benzene rings is 2. The first kappa shape index (κ1) is 28.6. The molecule has 2 aliphatic heterocycles. The van der Waals surface area contributed by atoms with E-state index < -0.39 is 0 Å². The smallest absolute Gasteiger partial charge is 0.257 e. The first-order chi connectivity index (χ1) is 21.4. The van der Waals surface area contributed by atoms with Crippen molar-refractivity contribution in [2.75, 3.05) is 43.4 Å². The largest absolute Gasteiger partial charge is 0.366 e. The molecular weight excluding hydrogens is 557 g/mol. The van der Waals surface area contributed by atoms with Crippen LogP contribution in [0.15, 0.2) is 59.5 Å². The van der Waals surface area contributed by atoms with Gasteiger partial charge in [-0.2, -0.15) is 4.98 Å². The summed E-state index contributed by atoms with van der Waals surface area (Å²) in [5.74, 6) is -0.0278. The molecule has 1 aliphatic carbocycles. The third-order valence-electron chi connectivity index (χ3n) is 9.40. The van der Waals surface area contributed by atoms with Crippen molar-refractivity contribution in [1.29, 1.82) is 0 Å². The number of rotatable bonds is 5. The van der Waals surface area contributed by atoms with E-state index in [2.05, 4.69) is 39.4 Å². The highest BCUT2D eigenvalue weighted by molar-refractivity contribution is 5.99. The number of aromatic nitrogens is 3. The fourth-order valence-electron chi connectivity index (χ4n) is 7.17. The van der Waals surface area contributed by atoms with Crippen molar-refractivity contribution >= 4 is 34.1 Å². The van der Waals surface area contributed by atoms with Crippen LogP contribution < -0.4 is 21.1 Å². The lowest BCUT2D eigenvalue weighted by Gasteiger charge is -2.34. The third-order valence-corrected chi connectivity index (χ3v) is 9.40. The van der Waals surface area contributed by atoms with E-state index in [1.54, 1.807) is 16.8 Å². The van der Waals surface area contributed by atoms with Gasteiger partial charge in [0.1, 0.15) is 11.5 Å². The number of pyridine rings is 1. The highest BCUT2D eigenvalue weighted by atomic mass is 19.1. The Labute approximate surface area is 256 Å². The number of carbonyl (C=O) groups excluding carboxylic acids is 1. The molecule has 0 bridgehead atoms. The number of likely N-dealkylation sites (tertiary alicyclic amines) is 1. The molecule has 7 rings (SSSR count). The predicted octanol–water partition coefficient (Wildman–Crippen LogP) is 5.00. The second kappa shape index (κ2) is 11.7. The number of hydrogen-bond donors (Lipinski definition) is 2. The molecule has 2 aromatic carbocycles. The summed E-state index contributed by atoms with van der Waals surface area (Å²) < 4.78 is 17.0. The van der Waals surface area contributed by atoms with Crippen molar-refractivity contribution < 1.29 is 9.18 Å². The minimum Gasteiger partial charge on any atom is -0.366 e. The summed E-state index contributed by atoms with van der Waals surface area (Å²) in [5, 5.41) is 7.28. The molecule has 3 aliphatic rings. The van der Waals surface area contributed by atoms with Crippen LogP contribution in [0, 0.1) is 5.82 Å². The van der Waals surface area contributed by atoms with Gasteiger partial charge in [0, 0.05) is 66.5 Å². The van der Waals surface area contributed by atoms with Gasteiger partial charge >= 0.3 is 0 Å². The van der Waals surface area contributed by atoms with Gasteiger partial charge in [0.05, 0.1) is 11.7 Å². The number of nitrogens with zero attached hydrogens (tertiary/aromatic N) is 5. The maximum absolute atomic E-state index is 15.3. The highest BCUT2D eigenvalue weighted by Gasteiger charge is 2.31. The Morgan fingerprint density at radius 2 is 1.91 bits per heavy atom. The predicted molar refractivity (Wildman–Crippen MR) is 171 cm³/mol. The Hall–Kier alpha value is -4.15. The molecule has 2 saturated heterocycles. The van der Waals surface area contributed by atoms with Crippen molar-refractivity contribution in [1.82, 2.24) is 24.8 Å². The molecule has 2 N–H and O–H groups in total. The number of ketones is 1. The van der Waals surface area contributed by atoms with Crippen LogP contribution in [-0.2, 0) is 6.42 Å². The molecule has 4 aromatic rings. The second-order valence-electron chi connectivity index (χ2n) is 12.5. The van der Waals surface area contributed by atoms with Gasteiger partial charge in [0.15, 0.2) is 5.78 Å². The standard InChI is InChI=1S/C34H38FN7O2/c1-21-20-41(14-12-36-21)30-11-10-24(17-28(30)35)38-34-37-19-23-16-27(29-9-5-6-13-40(29)2)33(44)42(32(23)39-34)25-15-22-7-3-4-8-26(22)31(43)18-25/h3-4,7-8,10-11,16-17,19,21,25,29,36H,5-6,9,12-15,18,20H2,1-2H3,(H,37,38,39). The summed E-state index contributed by atoms with van der Waals surface area (Å²) in [5.41, 5.74) is 3.83. The van der Waals surface area contributed by atoms with Gasteiger partial charge in [-0.3, -0.25) is 19.1 Å². The minimum absolute atomic E-state index is 0.00329. The first-order valence-electron chi connectivity index (χ1n) is 15.6. The van der Waals surface area contributed by atoms with E-state index in [1.807, 2.05) is 36.4 Å². The molecule has 2 aromatic heterocycles. The van der Waals surface area contributed by atoms with E-state index in [0.717, 1.165) is 67.5 Å². The van der Waals surface area contributed by atoms with Crippen molar-refractivity contribution in [2.24, 2.45) is 0 Å². The first-order valence-corrected chi connectivity index (χ1v) is 15.6. The minimum atomic E-state index is -0.373. The Morgan fingerprint density at radius 1 is 1.05 bits per heavy atom. The van der Waals surface area contributed by atoms with Crippen LogP contribution in [0.25, 0.3) is 11.0 Å². The van der Waals surface area contributed by atoms with E-state index in [-0.39, 0.29) is 47.7 Å². The number of fused-ring (bicyclic) bond motifs is 2. The molecule has 10 heteroatoms. The molecule has 4 heterocycles. The lowest BCUT2D eigenvalue weighted by molar-refractivity contribution is 0.0951. The van der Waals surface area contributed by atoms with Gasteiger partial charge in [0.25, 0.3) is 5.56 Å². The van der Waals surface area contributed by atoms with Crippen LogP contribution in [0.1, 0.15) is 66.2 Å².